The highest BCUT2D eigenvalue weighted by molar-refractivity contribution is 5.99. The van der Waals surface area contributed by atoms with Gasteiger partial charge in [0.1, 0.15) is 13.2 Å². The topological polar surface area (TPSA) is 55.8 Å². The Bertz CT molecular complexity index is 987. The number of ketones is 1. The summed E-state index contributed by atoms with van der Waals surface area (Å²) >= 11 is 0. The lowest BCUT2D eigenvalue weighted by Gasteiger charge is -2.30. The van der Waals surface area contributed by atoms with Gasteiger partial charge in [-0.2, -0.15) is 0 Å². The minimum absolute atomic E-state index is 0.000188. The smallest absolute Gasteiger partial charge is 0.246 e. The van der Waals surface area contributed by atoms with Gasteiger partial charge in [0.05, 0.1) is 0 Å². The first kappa shape index (κ1) is 20.2. The van der Waals surface area contributed by atoms with E-state index in [2.05, 4.69) is 13.0 Å². The van der Waals surface area contributed by atoms with Crippen molar-refractivity contribution in [3.63, 3.8) is 0 Å². The Morgan fingerprint density at radius 3 is 2.43 bits per heavy atom. The molecular weight excluding hydrogens is 378 g/mol. The second-order valence-electron chi connectivity index (χ2n) is 8.02. The van der Waals surface area contributed by atoms with E-state index >= 15 is 0 Å². The molecule has 1 amide bonds. The highest BCUT2D eigenvalue weighted by Gasteiger charge is 2.28. The van der Waals surface area contributed by atoms with Gasteiger partial charge in [0, 0.05) is 30.6 Å². The maximum Gasteiger partial charge on any atom is 0.246 e. The minimum Gasteiger partial charge on any atom is -0.486 e. The molecule has 0 atom stereocenters. The summed E-state index contributed by atoms with van der Waals surface area (Å²) in [5.41, 5.74) is 4.07. The van der Waals surface area contributed by atoms with Crippen molar-refractivity contribution in [1.82, 2.24) is 4.90 Å². The summed E-state index contributed by atoms with van der Waals surface area (Å²) in [7, 11) is 0. The van der Waals surface area contributed by atoms with Gasteiger partial charge in [-0.3, -0.25) is 9.59 Å². The van der Waals surface area contributed by atoms with Gasteiger partial charge in [-0.1, -0.05) is 23.8 Å². The van der Waals surface area contributed by atoms with Gasteiger partial charge in [0.25, 0.3) is 0 Å². The van der Waals surface area contributed by atoms with E-state index in [0.717, 1.165) is 11.1 Å². The van der Waals surface area contributed by atoms with Gasteiger partial charge in [0.2, 0.25) is 5.91 Å². The van der Waals surface area contributed by atoms with E-state index in [-0.39, 0.29) is 17.6 Å². The molecule has 156 valence electrons. The molecule has 2 aromatic carbocycles. The molecule has 2 aliphatic rings. The number of ether oxygens (including phenoxy) is 2. The zero-order valence-corrected chi connectivity index (χ0v) is 17.5. The highest BCUT2D eigenvalue weighted by atomic mass is 16.6. The van der Waals surface area contributed by atoms with E-state index in [1.807, 2.05) is 30.0 Å². The van der Waals surface area contributed by atoms with Crippen molar-refractivity contribution in [2.45, 2.75) is 26.7 Å². The molecule has 4 rings (SSSR count). The lowest BCUT2D eigenvalue weighted by molar-refractivity contribution is -0.127. The average molecular weight is 405 g/mol. The highest BCUT2D eigenvalue weighted by Crippen LogP contribution is 2.32. The zero-order valence-electron chi connectivity index (χ0n) is 17.5. The lowest BCUT2D eigenvalue weighted by atomic mass is 9.88. The van der Waals surface area contributed by atoms with Crippen LogP contribution in [0.4, 0.5) is 0 Å². The number of likely N-dealkylation sites (tertiary alicyclic amines) is 1. The second-order valence-corrected chi connectivity index (χ2v) is 8.02. The van der Waals surface area contributed by atoms with Crippen LogP contribution in [-0.4, -0.2) is 42.9 Å². The van der Waals surface area contributed by atoms with Crippen molar-refractivity contribution in [3.8, 4) is 11.5 Å². The van der Waals surface area contributed by atoms with Crippen LogP contribution in [0.1, 0.15) is 39.9 Å². The van der Waals surface area contributed by atoms with Crippen LogP contribution >= 0.6 is 0 Å². The Balaban J connectivity index is 1.34. The summed E-state index contributed by atoms with van der Waals surface area (Å²) < 4.78 is 11.1. The fraction of sp³-hybridized carbons (Fsp3) is 0.360. The molecular formula is C25H27NO4. The molecule has 0 aliphatic carbocycles. The molecule has 5 heteroatoms. The monoisotopic (exact) mass is 405 g/mol. The maximum absolute atomic E-state index is 12.9. The summed E-state index contributed by atoms with van der Waals surface area (Å²) in [6.07, 6.45) is 4.87. The zero-order chi connectivity index (χ0) is 21.1. The maximum atomic E-state index is 12.9. The molecule has 0 unspecified atom stereocenters. The summed E-state index contributed by atoms with van der Waals surface area (Å²) in [5.74, 6) is 1.37. The summed E-state index contributed by atoms with van der Waals surface area (Å²) in [5, 5.41) is 0. The fourth-order valence-corrected chi connectivity index (χ4v) is 4.07. The van der Waals surface area contributed by atoms with Gasteiger partial charge in [-0.15, -0.1) is 0 Å². The van der Waals surface area contributed by atoms with E-state index < -0.39 is 0 Å². The van der Waals surface area contributed by atoms with E-state index in [4.69, 9.17) is 9.47 Å². The summed E-state index contributed by atoms with van der Waals surface area (Å²) in [6.45, 7) is 6.33. The number of aryl methyl sites for hydroxylation is 2. The van der Waals surface area contributed by atoms with Crippen molar-refractivity contribution in [2.75, 3.05) is 26.3 Å². The molecule has 2 heterocycles. The molecule has 0 spiro atoms. The molecule has 1 fully saturated rings. The molecule has 5 nitrogen and oxygen atoms in total. The van der Waals surface area contributed by atoms with Gasteiger partial charge in [-0.25, -0.2) is 0 Å². The largest absolute Gasteiger partial charge is 0.486 e. The van der Waals surface area contributed by atoms with Crippen LogP contribution in [0.3, 0.4) is 0 Å². The Morgan fingerprint density at radius 2 is 1.70 bits per heavy atom. The van der Waals surface area contributed by atoms with Crippen molar-refractivity contribution < 1.29 is 19.1 Å². The van der Waals surface area contributed by atoms with Crippen LogP contribution < -0.4 is 9.47 Å². The number of Topliss-reactive ketones (excluding diaryl/α,β-unsaturated/α-hetero) is 1. The van der Waals surface area contributed by atoms with Crippen molar-refractivity contribution in [2.24, 2.45) is 5.92 Å². The quantitative estimate of drug-likeness (QED) is 0.565. The first-order valence-corrected chi connectivity index (χ1v) is 10.5. The molecule has 2 aromatic rings. The number of benzene rings is 2. The lowest BCUT2D eigenvalue weighted by Crippen LogP contribution is -2.39. The third-order valence-electron chi connectivity index (χ3n) is 5.83. The Hall–Kier alpha value is -3.08. The number of piperidine rings is 1. The third kappa shape index (κ3) is 4.40. The average Bonchev–Trinajstić information content (AvgIpc) is 2.77. The second kappa shape index (κ2) is 8.74. The SMILES string of the molecule is Cc1ccc(/C=C/C(=O)N2CCC(C(=O)c3ccc4c(c3)OCCO4)CC2)c(C)c1. The normalized spacial score (nSPS) is 16.7. The van der Waals surface area contributed by atoms with Crippen LogP contribution in [0.25, 0.3) is 6.08 Å². The number of rotatable bonds is 4. The Morgan fingerprint density at radius 1 is 0.967 bits per heavy atom. The number of hydrogen-bond donors (Lipinski definition) is 0. The molecule has 2 aliphatic heterocycles. The van der Waals surface area contributed by atoms with Crippen molar-refractivity contribution in [3.05, 3.63) is 64.7 Å². The van der Waals surface area contributed by atoms with Crippen LogP contribution in [-0.2, 0) is 4.79 Å². The molecule has 0 N–H and O–H groups in total. The fourth-order valence-electron chi connectivity index (χ4n) is 4.07. The van der Waals surface area contributed by atoms with Gasteiger partial charge in [-0.05, 0) is 62.1 Å². The minimum atomic E-state index is -0.0695. The number of amides is 1. The van der Waals surface area contributed by atoms with Crippen LogP contribution in [0.2, 0.25) is 0 Å². The Kier molecular flexibility index (Phi) is 5.88. The van der Waals surface area contributed by atoms with Gasteiger partial charge < -0.3 is 14.4 Å². The number of hydrogen-bond acceptors (Lipinski definition) is 4. The predicted octanol–water partition coefficient (Wildman–Crippen LogP) is 4.21. The van der Waals surface area contributed by atoms with Crippen LogP contribution in [0.15, 0.2) is 42.5 Å². The van der Waals surface area contributed by atoms with E-state index in [1.165, 1.54) is 5.56 Å². The summed E-state index contributed by atoms with van der Waals surface area (Å²) in [6, 6.07) is 11.6. The molecule has 0 aromatic heterocycles. The van der Waals surface area contributed by atoms with Gasteiger partial charge in [0.15, 0.2) is 17.3 Å². The standard InChI is InChI=1S/C25H27NO4/c1-17-3-4-19(18(2)15-17)6-8-24(27)26-11-9-20(10-12-26)25(28)21-5-7-22-23(16-21)30-14-13-29-22/h3-8,15-16,20H,9-14H2,1-2H3/b8-6+. The van der Waals surface area contributed by atoms with E-state index in [1.54, 1.807) is 24.3 Å². The molecule has 0 radical (unpaired) electrons. The van der Waals surface area contributed by atoms with Gasteiger partial charge >= 0.3 is 0 Å². The van der Waals surface area contributed by atoms with E-state index in [9.17, 15) is 9.59 Å². The number of carbonyl (C=O) groups excluding carboxylic acids is 2. The first-order chi connectivity index (χ1) is 14.5. The van der Waals surface area contributed by atoms with Crippen molar-refractivity contribution in [1.29, 1.82) is 0 Å². The number of carbonyl (C=O) groups is 2. The Labute approximate surface area is 177 Å². The van der Waals surface area contributed by atoms with Crippen LogP contribution in [0, 0.1) is 19.8 Å². The molecule has 30 heavy (non-hydrogen) atoms. The van der Waals surface area contributed by atoms with Crippen molar-refractivity contribution >= 4 is 17.8 Å². The molecule has 1 saturated heterocycles. The summed E-state index contributed by atoms with van der Waals surface area (Å²) in [4.78, 5) is 27.3. The molecule has 0 saturated carbocycles. The molecule has 0 bridgehead atoms. The van der Waals surface area contributed by atoms with Crippen LogP contribution in [0.5, 0.6) is 11.5 Å². The number of nitrogens with zero attached hydrogens (tertiary/aromatic N) is 1. The first-order valence-electron chi connectivity index (χ1n) is 10.5. The number of fused-ring (bicyclic) bond motifs is 1. The third-order valence-corrected chi connectivity index (χ3v) is 5.83. The predicted molar refractivity (Wildman–Crippen MR) is 116 cm³/mol. The van der Waals surface area contributed by atoms with E-state index in [0.29, 0.717) is 56.2 Å².